The number of carbonyl (C=O) groups is 1. The zero-order chi connectivity index (χ0) is 27.8. The molecule has 15 heteroatoms. The monoisotopic (exact) mass is 549 g/mol. The molecule has 1 aliphatic rings. The minimum Gasteiger partial charge on any atom is -0.444 e. The van der Waals surface area contributed by atoms with Crippen LogP contribution in [0.3, 0.4) is 0 Å². The number of amides is 1. The summed E-state index contributed by atoms with van der Waals surface area (Å²) in [6, 6.07) is 1.11. The lowest BCUT2D eigenvalue weighted by atomic mass is 9.95. The summed E-state index contributed by atoms with van der Waals surface area (Å²) in [5.41, 5.74) is -4.84. The van der Waals surface area contributed by atoms with Crippen LogP contribution >= 0.6 is 0 Å². The number of ether oxygens (including phenoxy) is 1. The summed E-state index contributed by atoms with van der Waals surface area (Å²) >= 11 is 0. The van der Waals surface area contributed by atoms with E-state index >= 15 is 0 Å². The second kappa shape index (κ2) is 10.1. The highest BCUT2D eigenvalue weighted by Crippen LogP contribution is 2.43. The summed E-state index contributed by atoms with van der Waals surface area (Å²) < 4.78 is 77.4. The Bertz CT molecular complexity index is 1260. The molecule has 2 aromatic rings. The van der Waals surface area contributed by atoms with E-state index < -0.39 is 51.5 Å². The van der Waals surface area contributed by atoms with E-state index in [0.717, 1.165) is 12.3 Å². The van der Waals surface area contributed by atoms with Gasteiger partial charge in [-0.25, -0.2) is 18.2 Å². The van der Waals surface area contributed by atoms with Crippen LogP contribution < -0.4 is 10.2 Å². The van der Waals surface area contributed by atoms with Crippen LogP contribution in [-0.2, 0) is 20.2 Å². The van der Waals surface area contributed by atoms with E-state index in [0.29, 0.717) is 25.8 Å². The number of rotatable bonds is 2. The van der Waals surface area contributed by atoms with Crippen molar-refractivity contribution in [2.45, 2.75) is 75.1 Å². The Morgan fingerprint density at radius 2 is 1.84 bits per heavy atom. The smallest absolute Gasteiger partial charge is 0.426 e. The van der Waals surface area contributed by atoms with Gasteiger partial charge >= 0.3 is 12.3 Å². The Kier molecular flexibility index (Phi) is 7.80. The number of sulfone groups is 1. The number of anilines is 2. The first-order chi connectivity index (χ1) is 16.9. The lowest BCUT2D eigenvalue weighted by Gasteiger charge is -2.27. The Balaban J connectivity index is 2.26. The van der Waals surface area contributed by atoms with Gasteiger partial charge in [-0.1, -0.05) is 12.8 Å². The first-order valence-electron chi connectivity index (χ1n) is 11.5. The van der Waals surface area contributed by atoms with Gasteiger partial charge < -0.3 is 19.2 Å². The molecule has 0 saturated heterocycles. The molecule has 0 aromatic carbocycles. The molecule has 1 unspecified atom stereocenters. The van der Waals surface area contributed by atoms with Crippen LogP contribution in [-0.4, -0.2) is 66.4 Å². The van der Waals surface area contributed by atoms with Crippen molar-refractivity contribution < 1.29 is 40.6 Å². The van der Waals surface area contributed by atoms with Gasteiger partial charge in [-0.2, -0.15) is 13.2 Å². The van der Waals surface area contributed by atoms with E-state index in [1.165, 1.54) is 0 Å². The van der Waals surface area contributed by atoms with Crippen molar-refractivity contribution in [2.75, 3.05) is 30.1 Å². The average molecular weight is 550 g/mol. The number of fused-ring (bicyclic) bond motifs is 5. The van der Waals surface area contributed by atoms with E-state index in [1.807, 2.05) is 0 Å². The number of nitrogens with one attached hydrogen (secondary N) is 1. The SMILES string of the molecule is CN1CCCCCCC(O)(C(F)(F)F)c2nnc(o2)-c2nc1c(S(C)(=O)=O)cc2NC(=O)OC(C)(C)C. The summed E-state index contributed by atoms with van der Waals surface area (Å²) in [5, 5.41) is 20.0. The van der Waals surface area contributed by atoms with Crippen LogP contribution in [0, 0.1) is 0 Å². The molecule has 1 aliphatic heterocycles. The topological polar surface area (TPSA) is 148 Å². The van der Waals surface area contributed by atoms with Gasteiger partial charge in [0.1, 0.15) is 16.3 Å². The number of nitrogens with zero attached hydrogens (tertiary/aromatic N) is 4. The minimum atomic E-state index is -5.11. The number of pyridine rings is 1. The molecule has 1 atom stereocenters. The molecule has 0 spiro atoms. The van der Waals surface area contributed by atoms with E-state index in [9.17, 15) is 31.5 Å². The molecular weight excluding hydrogens is 519 g/mol. The van der Waals surface area contributed by atoms with Crippen molar-refractivity contribution in [3.63, 3.8) is 0 Å². The molecule has 1 amide bonds. The number of alkyl halides is 3. The summed E-state index contributed by atoms with van der Waals surface area (Å²) in [7, 11) is -2.26. The molecule has 4 bridgehead atoms. The molecule has 0 saturated carbocycles. The molecular formula is C22H30F3N5O6S. The average Bonchev–Trinajstić information content (AvgIpc) is 3.22. The van der Waals surface area contributed by atoms with Crippen molar-refractivity contribution >= 4 is 27.4 Å². The highest BCUT2D eigenvalue weighted by atomic mass is 32.2. The van der Waals surface area contributed by atoms with Gasteiger partial charge in [0.25, 0.3) is 11.8 Å². The van der Waals surface area contributed by atoms with Crippen LogP contribution in [0.1, 0.15) is 58.8 Å². The van der Waals surface area contributed by atoms with E-state index in [2.05, 4.69) is 20.5 Å². The van der Waals surface area contributed by atoms with E-state index in [1.54, 1.807) is 32.7 Å². The van der Waals surface area contributed by atoms with Gasteiger partial charge in [-0.3, -0.25) is 5.32 Å². The third-order valence-electron chi connectivity index (χ3n) is 5.60. The normalized spacial score (nSPS) is 19.8. The zero-order valence-corrected chi connectivity index (χ0v) is 22.0. The van der Waals surface area contributed by atoms with Gasteiger partial charge in [0.05, 0.1) is 5.69 Å². The molecule has 0 radical (unpaired) electrons. The van der Waals surface area contributed by atoms with Crippen molar-refractivity contribution in [3.05, 3.63) is 12.0 Å². The predicted molar refractivity (Wildman–Crippen MR) is 127 cm³/mol. The van der Waals surface area contributed by atoms with Gasteiger partial charge in [0, 0.05) is 19.8 Å². The standard InChI is InChI=1S/C22H30F3N5O6S/c1-20(2,3)36-19(31)26-13-12-14(37(5,33)34)16-27-15(13)17-28-29-18(35-17)21(32,22(23,24)25)10-8-6-7-9-11-30(16)4/h12,32H,6-11H2,1-5H3,(H,26,31). The van der Waals surface area contributed by atoms with Crippen molar-refractivity contribution in [2.24, 2.45) is 0 Å². The predicted octanol–water partition coefficient (Wildman–Crippen LogP) is 4.03. The maximum Gasteiger partial charge on any atom is 0.426 e. The molecule has 37 heavy (non-hydrogen) atoms. The zero-order valence-electron chi connectivity index (χ0n) is 21.1. The third kappa shape index (κ3) is 6.50. The van der Waals surface area contributed by atoms with E-state index in [4.69, 9.17) is 9.15 Å². The summed E-state index contributed by atoms with van der Waals surface area (Å²) in [6.07, 6.45) is -4.36. The summed E-state index contributed by atoms with van der Waals surface area (Å²) in [4.78, 5) is 18.2. The summed E-state index contributed by atoms with van der Waals surface area (Å²) in [6.45, 7) is 5.17. The second-order valence-electron chi connectivity index (χ2n) is 9.96. The van der Waals surface area contributed by atoms with Gasteiger partial charge in [0.15, 0.2) is 15.5 Å². The van der Waals surface area contributed by atoms with Crippen LogP contribution in [0.2, 0.25) is 0 Å². The minimum absolute atomic E-state index is 0.0184. The molecule has 0 fully saturated rings. The van der Waals surface area contributed by atoms with Gasteiger partial charge in [-0.05, 0) is 46.1 Å². The number of aromatic nitrogens is 3. The third-order valence-corrected chi connectivity index (χ3v) is 6.70. The maximum absolute atomic E-state index is 13.9. The van der Waals surface area contributed by atoms with Crippen LogP contribution in [0.4, 0.5) is 29.5 Å². The first kappa shape index (κ1) is 28.6. The molecule has 206 valence electrons. The Hall–Kier alpha value is -2.94. The summed E-state index contributed by atoms with van der Waals surface area (Å²) in [5.74, 6) is -1.66. The fourth-order valence-electron chi connectivity index (χ4n) is 3.75. The quantitative estimate of drug-likeness (QED) is 0.562. The molecule has 2 aromatic heterocycles. The molecule has 2 N–H and O–H groups in total. The first-order valence-corrected chi connectivity index (χ1v) is 13.4. The fourth-order valence-corrected chi connectivity index (χ4v) is 4.61. The Labute approximate surface area is 212 Å². The second-order valence-corrected chi connectivity index (χ2v) is 11.9. The highest BCUT2D eigenvalue weighted by molar-refractivity contribution is 7.90. The fraction of sp³-hybridized carbons (Fsp3) is 0.636. The molecule has 3 heterocycles. The lowest BCUT2D eigenvalue weighted by Crippen LogP contribution is -2.42. The van der Waals surface area contributed by atoms with Crippen molar-refractivity contribution in [1.29, 1.82) is 0 Å². The number of hydrogen-bond donors (Lipinski definition) is 2. The molecule has 3 rings (SSSR count). The van der Waals surface area contributed by atoms with Gasteiger partial charge in [0.2, 0.25) is 5.60 Å². The highest BCUT2D eigenvalue weighted by Gasteiger charge is 2.58. The van der Waals surface area contributed by atoms with Crippen LogP contribution in [0.25, 0.3) is 11.6 Å². The van der Waals surface area contributed by atoms with Crippen LogP contribution in [0.5, 0.6) is 0 Å². The lowest BCUT2D eigenvalue weighted by molar-refractivity contribution is -0.277. The van der Waals surface area contributed by atoms with Crippen molar-refractivity contribution in [1.82, 2.24) is 15.2 Å². The molecule has 0 aliphatic carbocycles. The number of aliphatic hydroxyl groups is 1. The van der Waals surface area contributed by atoms with E-state index in [-0.39, 0.29) is 28.5 Å². The maximum atomic E-state index is 13.9. The van der Waals surface area contributed by atoms with Gasteiger partial charge in [-0.15, -0.1) is 10.2 Å². The molecule has 11 nitrogen and oxygen atoms in total. The Morgan fingerprint density at radius 1 is 1.19 bits per heavy atom. The number of carbonyl (C=O) groups excluding carboxylic acids is 1. The number of halogens is 3. The largest absolute Gasteiger partial charge is 0.444 e. The Morgan fingerprint density at radius 3 is 2.43 bits per heavy atom. The van der Waals surface area contributed by atoms with Crippen molar-refractivity contribution in [3.8, 4) is 11.6 Å². The number of hydrogen-bond acceptors (Lipinski definition) is 10. The van der Waals surface area contributed by atoms with Crippen LogP contribution in [0.15, 0.2) is 15.4 Å².